The summed E-state index contributed by atoms with van der Waals surface area (Å²) in [6.07, 6.45) is 0.774. The molecule has 2 heterocycles. The van der Waals surface area contributed by atoms with Crippen LogP contribution in [0.5, 0.6) is 0 Å². The molecule has 0 spiro atoms. The summed E-state index contributed by atoms with van der Waals surface area (Å²) in [7, 11) is 0. The van der Waals surface area contributed by atoms with Crippen molar-refractivity contribution < 1.29 is 23.2 Å². The molecule has 1 aromatic carbocycles. The topological polar surface area (TPSA) is 61.9 Å². The van der Waals surface area contributed by atoms with Crippen LogP contribution in [0.2, 0.25) is 0 Å². The predicted molar refractivity (Wildman–Crippen MR) is 80.5 cm³/mol. The lowest BCUT2D eigenvalue weighted by atomic mass is 10.1. The Kier molecular flexibility index (Phi) is 5.06. The fraction of sp³-hybridized carbons (Fsp3) is 0.500. The minimum absolute atomic E-state index is 0.00445. The van der Waals surface area contributed by atoms with Gasteiger partial charge in [0.15, 0.2) is 11.6 Å². The molecule has 2 aliphatic rings. The molecule has 24 heavy (non-hydrogen) atoms. The standard InChI is InChI=1S/C16H19F2N3O3/c17-12-3-2-11(8-13(12)18)10-20-6-4-19-16(23)14(20)9-15(22)21-5-1-7-24-21/h2-3,8,14H,1,4-7,9-10H2,(H,19,23). The molecular weight excluding hydrogens is 320 g/mol. The van der Waals surface area contributed by atoms with E-state index in [0.29, 0.717) is 31.8 Å². The van der Waals surface area contributed by atoms with Gasteiger partial charge in [0.2, 0.25) is 11.8 Å². The molecule has 1 atom stereocenters. The van der Waals surface area contributed by atoms with Crippen LogP contribution in [0.3, 0.4) is 0 Å². The van der Waals surface area contributed by atoms with Gasteiger partial charge in [0.1, 0.15) is 0 Å². The number of hydroxylamine groups is 2. The Morgan fingerprint density at radius 2 is 2.12 bits per heavy atom. The third kappa shape index (κ3) is 3.70. The van der Waals surface area contributed by atoms with Gasteiger partial charge in [-0.1, -0.05) is 6.07 Å². The van der Waals surface area contributed by atoms with E-state index < -0.39 is 17.7 Å². The molecule has 0 saturated carbocycles. The highest BCUT2D eigenvalue weighted by atomic mass is 19.2. The normalized spacial score (nSPS) is 21.8. The molecular formula is C16H19F2N3O3. The van der Waals surface area contributed by atoms with Gasteiger partial charge in [-0.3, -0.25) is 19.3 Å². The first-order valence-corrected chi connectivity index (χ1v) is 7.93. The van der Waals surface area contributed by atoms with Gasteiger partial charge in [-0.2, -0.15) is 0 Å². The van der Waals surface area contributed by atoms with E-state index in [4.69, 9.17) is 4.84 Å². The van der Waals surface area contributed by atoms with Gasteiger partial charge in [-0.25, -0.2) is 13.8 Å². The first kappa shape index (κ1) is 16.8. The van der Waals surface area contributed by atoms with E-state index in [1.807, 2.05) is 0 Å². The summed E-state index contributed by atoms with van der Waals surface area (Å²) in [6, 6.07) is 3.01. The molecule has 2 saturated heterocycles. The molecule has 2 amide bonds. The molecule has 0 aromatic heterocycles. The minimum atomic E-state index is -0.924. The van der Waals surface area contributed by atoms with Gasteiger partial charge in [0.05, 0.1) is 25.6 Å². The average molecular weight is 339 g/mol. The lowest BCUT2D eigenvalue weighted by molar-refractivity contribution is -0.171. The Morgan fingerprint density at radius 3 is 2.83 bits per heavy atom. The van der Waals surface area contributed by atoms with E-state index in [1.54, 1.807) is 4.90 Å². The molecule has 8 heteroatoms. The maximum Gasteiger partial charge on any atom is 0.248 e. The number of carbonyl (C=O) groups is 2. The monoisotopic (exact) mass is 339 g/mol. The highest BCUT2D eigenvalue weighted by Gasteiger charge is 2.34. The number of carbonyl (C=O) groups excluding carboxylic acids is 2. The van der Waals surface area contributed by atoms with Crippen LogP contribution >= 0.6 is 0 Å². The molecule has 130 valence electrons. The van der Waals surface area contributed by atoms with E-state index in [0.717, 1.165) is 18.6 Å². The summed E-state index contributed by atoms with van der Waals surface area (Å²) in [5.41, 5.74) is 0.554. The maximum absolute atomic E-state index is 13.4. The molecule has 0 radical (unpaired) electrons. The van der Waals surface area contributed by atoms with Crippen molar-refractivity contribution >= 4 is 11.8 Å². The van der Waals surface area contributed by atoms with Crippen molar-refractivity contribution in [3.63, 3.8) is 0 Å². The van der Waals surface area contributed by atoms with E-state index in [-0.39, 0.29) is 24.8 Å². The number of benzene rings is 1. The van der Waals surface area contributed by atoms with Gasteiger partial charge in [-0.15, -0.1) is 0 Å². The maximum atomic E-state index is 13.4. The van der Waals surface area contributed by atoms with Crippen LogP contribution in [0.4, 0.5) is 8.78 Å². The lowest BCUT2D eigenvalue weighted by Crippen LogP contribution is -2.56. The number of amides is 2. The first-order chi connectivity index (χ1) is 11.5. The van der Waals surface area contributed by atoms with Crippen molar-refractivity contribution in [2.45, 2.75) is 25.4 Å². The zero-order valence-electron chi connectivity index (χ0n) is 13.1. The number of hydrogen-bond acceptors (Lipinski definition) is 4. The minimum Gasteiger partial charge on any atom is -0.353 e. The second-order valence-corrected chi connectivity index (χ2v) is 5.91. The van der Waals surface area contributed by atoms with Gasteiger partial charge < -0.3 is 5.32 Å². The Hall–Kier alpha value is -2.06. The van der Waals surface area contributed by atoms with Crippen LogP contribution in [0.1, 0.15) is 18.4 Å². The van der Waals surface area contributed by atoms with Crippen LogP contribution in [0, 0.1) is 11.6 Å². The molecule has 0 bridgehead atoms. The summed E-state index contributed by atoms with van der Waals surface area (Å²) in [5.74, 6) is -2.32. The second-order valence-electron chi connectivity index (χ2n) is 5.91. The third-order valence-corrected chi connectivity index (χ3v) is 4.21. The molecule has 1 N–H and O–H groups in total. The Balaban J connectivity index is 1.70. The van der Waals surface area contributed by atoms with Crippen LogP contribution in [0.15, 0.2) is 18.2 Å². The molecule has 0 aliphatic carbocycles. The van der Waals surface area contributed by atoms with Crippen molar-refractivity contribution in [3.8, 4) is 0 Å². The number of halogens is 2. The second kappa shape index (κ2) is 7.23. The molecule has 6 nitrogen and oxygen atoms in total. The predicted octanol–water partition coefficient (Wildman–Crippen LogP) is 0.819. The smallest absolute Gasteiger partial charge is 0.248 e. The number of nitrogens with one attached hydrogen (secondary N) is 1. The van der Waals surface area contributed by atoms with Crippen LogP contribution in [-0.4, -0.2) is 54.1 Å². The van der Waals surface area contributed by atoms with Gasteiger partial charge in [0, 0.05) is 19.6 Å². The molecule has 3 rings (SSSR count). The number of piperazine rings is 1. The van der Waals surface area contributed by atoms with Crippen LogP contribution in [-0.2, 0) is 21.0 Å². The van der Waals surface area contributed by atoms with Gasteiger partial charge in [0.25, 0.3) is 0 Å². The highest BCUT2D eigenvalue weighted by molar-refractivity contribution is 5.88. The van der Waals surface area contributed by atoms with E-state index in [2.05, 4.69) is 5.32 Å². The van der Waals surface area contributed by atoms with Crippen LogP contribution in [0.25, 0.3) is 0 Å². The third-order valence-electron chi connectivity index (χ3n) is 4.21. The molecule has 1 aromatic rings. The molecule has 1 unspecified atom stereocenters. The average Bonchev–Trinajstić information content (AvgIpc) is 3.09. The number of rotatable bonds is 4. The molecule has 2 fully saturated rings. The summed E-state index contributed by atoms with van der Waals surface area (Å²) in [6.45, 7) is 2.28. The van der Waals surface area contributed by atoms with Crippen LogP contribution < -0.4 is 5.32 Å². The van der Waals surface area contributed by atoms with E-state index in [9.17, 15) is 18.4 Å². The summed E-state index contributed by atoms with van der Waals surface area (Å²) < 4.78 is 26.4. The summed E-state index contributed by atoms with van der Waals surface area (Å²) in [4.78, 5) is 31.4. The van der Waals surface area contributed by atoms with Crippen molar-refractivity contribution in [2.24, 2.45) is 0 Å². The quantitative estimate of drug-likeness (QED) is 0.882. The highest BCUT2D eigenvalue weighted by Crippen LogP contribution is 2.18. The Labute approximate surface area is 138 Å². The molecule has 2 aliphatic heterocycles. The fourth-order valence-electron chi connectivity index (χ4n) is 2.96. The van der Waals surface area contributed by atoms with Crippen molar-refractivity contribution in [1.82, 2.24) is 15.3 Å². The SMILES string of the molecule is O=C1NCCN(Cc2ccc(F)c(F)c2)C1CC(=O)N1CCCO1. The summed E-state index contributed by atoms with van der Waals surface area (Å²) >= 11 is 0. The summed E-state index contributed by atoms with van der Waals surface area (Å²) in [5, 5.41) is 4.03. The number of nitrogens with zero attached hydrogens (tertiary/aromatic N) is 2. The first-order valence-electron chi connectivity index (χ1n) is 7.93. The Morgan fingerprint density at radius 1 is 1.29 bits per heavy atom. The van der Waals surface area contributed by atoms with Crippen molar-refractivity contribution in [3.05, 3.63) is 35.4 Å². The van der Waals surface area contributed by atoms with E-state index >= 15 is 0 Å². The van der Waals surface area contributed by atoms with Gasteiger partial charge in [-0.05, 0) is 24.1 Å². The largest absolute Gasteiger partial charge is 0.353 e. The number of hydrogen-bond donors (Lipinski definition) is 1. The van der Waals surface area contributed by atoms with Crippen molar-refractivity contribution in [1.29, 1.82) is 0 Å². The lowest BCUT2D eigenvalue weighted by Gasteiger charge is -2.35. The van der Waals surface area contributed by atoms with Crippen molar-refractivity contribution in [2.75, 3.05) is 26.2 Å². The zero-order valence-corrected chi connectivity index (χ0v) is 13.1. The van der Waals surface area contributed by atoms with Gasteiger partial charge >= 0.3 is 0 Å². The zero-order chi connectivity index (χ0) is 17.1. The fourth-order valence-corrected chi connectivity index (χ4v) is 2.96. The Bertz CT molecular complexity index is 635. The van der Waals surface area contributed by atoms with E-state index in [1.165, 1.54) is 11.1 Å².